The van der Waals surface area contributed by atoms with Gasteiger partial charge in [0.05, 0.1) is 4.92 Å². The molecule has 0 bridgehead atoms. The predicted octanol–water partition coefficient (Wildman–Crippen LogP) is 1.61. The van der Waals surface area contributed by atoms with Crippen LogP contribution in [0.25, 0.3) is 0 Å². The van der Waals surface area contributed by atoms with Crippen molar-refractivity contribution in [3.05, 3.63) is 31.7 Å². The molecule has 18 heavy (non-hydrogen) atoms. The average Bonchev–Trinajstić information content (AvgIpc) is 2.28. The number of nitrogens with zero attached hydrogens (tertiary/aromatic N) is 2. The summed E-state index contributed by atoms with van der Waals surface area (Å²) in [6.07, 6.45) is 2.15. The summed E-state index contributed by atoms with van der Waals surface area (Å²) in [5.74, 6) is -0.00726. The second kappa shape index (κ2) is 4.44. The van der Waals surface area contributed by atoms with Gasteiger partial charge >= 0.3 is 11.2 Å². The largest absolute Gasteiger partial charge is 0.502 e. The van der Waals surface area contributed by atoms with Crippen LogP contribution in [0.2, 0.25) is 0 Å². The first kappa shape index (κ1) is 12.6. The molecule has 0 amide bonds. The van der Waals surface area contributed by atoms with Crippen LogP contribution in [0.1, 0.15) is 31.5 Å². The Kier molecular flexibility index (Phi) is 3.11. The molecule has 6 nitrogen and oxygen atoms in total. The predicted molar refractivity (Wildman–Crippen MR) is 65.9 cm³/mol. The molecule has 0 aliphatic heterocycles. The number of rotatable bonds is 2. The summed E-state index contributed by atoms with van der Waals surface area (Å²) in [4.78, 5) is 22.1. The van der Waals surface area contributed by atoms with E-state index in [0.717, 1.165) is 12.1 Å². The SMILES string of the molecule is CCn1c2c(c(O)c([N+](=O)[O-])c1=O)CCC(C)C2. The molecule has 1 aliphatic rings. The van der Waals surface area contributed by atoms with Crippen LogP contribution in [0.5, 0.6) is 5.75 Å². The third-order valence-electron chi connectivity index (χ3n) is 3.56. The highest BCUT2D eigenvalue weighted by Crippen LogP contribution is 2.35. The van der Waals surface area contributed by atoms with Crippen molar-refractivity contribution in [2.45, 2.75) is 39.7 Å². The van der Waals surface area contributed by atoms with E-state index >= 15 is 0 Å². The zero-order valence-electron chi connectivity index (χ0n) is 10.5. The monoisotopic (exact) mass is 252 g/mol. The van der Waals surface area contributed by atoms with Crippen LogP contribution in [-0.4, -0.2) is 14.6 Å². The van der Waals surface area contributed by atoms with Crippen LogP contribution in [0, 0.1) is 16.0 Å². The summed E-state index contributed by atoms with van der Waals surface area (Å²) < 4.78 is 1.42. The minimum Gasteiger partial charge on any atom is -0.502 e. The second-order valence-corrected chi connectivity index (χ2v) is 4.78. The number of aromatic nitrogens is 1. The van der Waals surface area contributed by atoms with Gasteiger partial charge in [-0.1, -0.05) is 6.92 Å². The van der Waals surface area contributed by atoms with E-state index in [1.54, 1.807) is 6.92 Å². The molecule has 0 aromatic carbocycles. The zero-order chi connectivity index (χ0) is 13.4. The van der Waals surface area contributed by atoms with E-state index in [0.29, 0.717) is 30.9 Å². The number of aromatic hydroxyl groups is 1. The number of hydrogen-bond donors (Lipinski definition) is 1. The molecule has 1 heterocycles. The number of pyridine rings is 1. The molecule has 1 N–H and O–H groups in total. The van der Waals surface area contributed by atoms with E-state index in [4.69, 9.17) is 0 Å². The quantitative estimate of drug-likeness (QED) is 0.640. The third-order valence-corrected chi connectivity index (χ3v) is 3.56. The van der Waals surface area contributed by atoms with Gasteiger partial charge in [-0.2, -0.15) is 0 Å². The average molecular weight is 252 g/mol. The first-order valence-corrected chi connectivity index (χ1v) is 6.09. The second-order valence-electron chi connectivity index (χ2n) is 4.78. The van der Waals surface area contributed by atoms with Crippen LogP contribution in [-0.2, 0) is 19.4 Å². The van der Waals surface area contributed by atoms with Gasteiger partial charge in [0.2, 0.25) is 5.75 Å². The normalized spacial score (nSPS) is 18.4. The third kappa shape index (κ3) is 1.77. The standard InChI is InChI=1S/C12H16N2O4/c1-3-13-9-6-7(2)4-5-8(9)11(15)10(12(13)16)14(17)18/h7,15H,3-6H2,1-2H3. The van der Waals surface area contributed by atoms with E-state index in [1.165, 1.54) is 4.57 Å². The molecular weight excluding hydrogens is 236 g/mol. The Balaban J connectivity index is 2.78. The molecule has 1 unspecified atom stereocenters. The Bertz CT molecular complexity index is 562. The topological polar surface area (TPSA) is 85.4 Å². The first-order chi connectivity index (χ1) is 8.47. The van der Waals surface area contributed by atoms with Gasteiger partial charge in [-0.3, -0.25) is 14.9 Å². The van der Waals surface area contributed by atoms with Crippen LogP contribution in [0.3, 0.4) is 0 Å². The van der Waals surface area contributed by atoms with Crippen molar-refractivity contribution in [3.8, 4) is 5.75 Å². The van der Waals surface area contributed by atoms with Crippen molar-refractivity contribution < 1.29 is 10.0 Å². The van der Waals surface area contributed by atoms with E-state index in [9.17, 15) is 20.0 Å². The lowest BCUT2D eigenvalue weighted by Gasteiger charge is -2.25. The molecule has 0 spiro atoms. The van der Waals surface area contributed by atoms with Gasteiger partial charge < -0.3 is 9.67 Å². The molecule has 1 aliphatic carbocycles. The molecule has 0 saturated carbocycles. The summed E-state index contributed by atoms with van der Waals surface area (Å²) in [6.45, 7) is 4.24. The van der Waals surface area contributed by atoms with Crippen molar-refractivity contribution >= 4 is 5.69 Å². The summed E-state index contributed by atoms with van der Waals surface area (Å²) in [5, 5.41) is 20.8. The minimum atomic E-state index is -0.790. The summed E-state index contributed by atoms with van der Waals surface area (Å²) >= 11 is 0. The molecule has 0 radical (unpaired) electrons. The molecule has 0 saturated heterocycles. The highest BCUT2D eigenvalue weighted by molar-refractivity contribution is 5.52. The number of hydrogen-bond acceptors (Lipinski definition) is 4. The van der Waals surface area contributed by atoms with E-state index in [-0.39, 0.29) is 0 Å². The molecule has 1 aromatic rings. The lowest BCUT2D eigenvalue weighted by Crippen LogP contribution is -2.30. The molecule has 6 heteroatoms. The van der Waals surface area contributed by atoms with Crippen molar-refractivity contribution in [3.63, 3.8) is 0 Å². The summed E-state index contributed by atoms with van der Waals surface area (Å²) in [5.41, 5.74) is -0.0661. The van der Waals surface area contributed by atoms with Crippen LogP contribution in [0.4, 0.5) is 5.69 Å². The van der Waals surface area contributed by atoms with Crippen LogP contribution < -0.4 is 5.56 Å². The fourth-order valence-electron chi connectivity index (χ4n) is 2.61. The van der Waals surface area contributed by atoms with E-state index in [1.807, 2.05) is 0 Å². The minimum absolute atomic E-state index is 0.384. The molecule has 0 fully saturated rings. The van der Waals surface area contributed by atoms with Gasteiger partial charge in [0.15, 0.2) is 0 Å². The van der Waals surface area contributed by atoms with Gasteiger partial charge in [0.1, 0.15) is 0 Å². The van der Waals surface area contributed by atoms with Crippen molar-refractivity contribution in [1.29, 1.82) is 0 Å². The van der Waals surface area contributed by atoms with Gasteiger partial charge in [0, 0.05) is 17.8 Å². The maximum Gasteiger partial charge on any atom is 0.375 e. The Morgan fingerprint density at radius 3 is 2.78 bits per heavy atom. The fraction of sp³-hybridized carbons (Fsp3) is 0.583. The van der Waals surface area contributed by atoms with Gasteiger partial charge in [-0.15, -0.1) is 0 Å². The van der Waals surface area contributed by atoms with Gasteiger partial charge in [-0.25, -0.2) is 0 Å². The lowest BCUT2D eigenvalue weighted by atomic mass is 9.87. The molecule has 98 valence electrons. The molecule has 1 aromatic heterocycles. The zero-order valence-corrected chi connectivity index (χ0v) is 10.5. The van der Waals surface area contributed by atoms with Gasteiger partial charge in [0.25, 0.3) is 0 Å². The Morgan fingerprint density at radius 2 is 2.22 bits per heavy atom. The van der Waals surface area contributed by atoms with Crippen LogP contribution >= 0.6 is 0 Å². The number of nitro groups is 1. The van der Waals surface area contributed by atoms with E-state index in [2.05, 4.69) is 6.92 Å². The number of fused-ring (bicyclic) bond motifs is 1. The Hall–Kier alpha value is -1.85. The maximum absolute atomic E-state index is 12.0. The van der Waals surface area contributed by atoms with Crippen molar-refractivity contribution in [2.75, 3.05) is 0 Å². The van der Waals surface area contributed by atoms with Crippen LogP contribution in [0.15, 0.2) is 4.79 Å². The Labute approximate surface area is 104 Å². The Morgan fingerprint density at radius 1 is 1.56 bits per heavy atom. The molecule has 2 rings (SSSR count). The highest BCUT2D eigenvalue weighted by atomic mass is 16.6. The smallest absolute Gasteiger partial charge is 0.375 e. The molecule has 1 atom stereocenters. The van der Waals surface area contributed by atoms with Crippen molar-refractivity contribution in [2.24, 2.45) is 5.92 Å². The lowest BCUT2D eigenvalue weighted by molar-refractivity contribution is -0.387. The van der Waals surface area contributed by atoms with Crippen molar-refractivity contribution in [1.82, 2.24) is 4.57 Å². The highest BCUT2D eigenvalue weighted by Gasteiger charge is 2.31. The summed E-state index contributed by atoms with van der Waals surface area (Å²) in [7, 11) is 0. The maximum atomic E-state index is 12.0. The van der Waals surface area contributed by atoms with Gasteiger partial charge in [-0.05, 0) is 32.1 Å². The first-order valence-electron chi connectivity index (χ1n) is 6.09. The fourth-order valence-corrected chi connectivity index (χ4v) is 2.61. The van der Waals surface area contributed by atoms with E-state index < -0.39 is 21.9 Å². The molecular formula is C12H16N2O4. The summed E-state index contributed by atoms with van der Waals surface area (Å²) in [6, 6.07) is 0.